The van der Waals surface area contributed by atoms with Crippen LogP contribution in [0, 0.1) is 0 Å². The highest BCUT2D eigenvalue weighted by molar-refractivity contribution is 5.62. The number of nitrogens with two attached hydrogens (primary N) is 1. The Labute approximate surface area is 93.3 Å². The van der Waals surface area contributed by atoms with Gasteiger partial charge < -0.3 is 5.43 Å². The van der Waals surface area contributed by atoms with Gasteiger partial charge in [-0.05, 0) is 25.0 Å². The van der Waals surface area contributed by atoms with Gasteiger partial charge in [0.15, 0.2) is 0 Å². The van der Waals surface area contributed by atoms with Crippen LogP contribution in [-0.4, -0.2) is 14.8 Å². The van der Waals surface area contributed by atoms with Crippen molar-refractivity contribution in [2.75, 3.05) is 5.43 Å². The smallest absolute Gasteiger partial charge is 0.139 e. The van der Waals surface area contributed by atoms with Crippen molar-refractivity contribution < 1.29 is 0 Å². The maximum atomic E-state index is 5.26. The molecule has 0 unspecified atom stereocenters. The Morgan fingerprint density at radius 2 is 2.12 bits per heavy atom. The lowest BCUT2D eigenvalue weighted by molar-refractivity contribution is 0.642. The maximum Gasteiger partial charge on any atom is 0.139 e. The summed E-state index contributed by atoms with van der Waals surface area (Å²) in [4.78, 5) is 4.17. The first-order chi connectivity index (χ1) is 7.86. The second kappa shape index (κ2) is 3.61. The van der Waals surface area contributed by atoms with Gasteiger partial charge in [-0.2, -0.15) is 5.10 Å². The molecular formula is C11H13N5. The summed E-state index contributed by atoms with van der Waals surface area (Å²) in [6, 6.07) is 4.45. The van der Waals surface area contributed by atoms with Crippen LogP contribution in [0.1, 0.15) is 18.9 Å². The van der Waals surface area contributed by atoms with Crippen molar-refractivity contribution in [2.24, 2.45) is 5.84 Å². The molecule has 2 aromatic heterocycles. The van der Waals surface area contributed by atoms with Crippen LogP contribution >= 0.6 is 0 Å². The Morgan fingerprint density at radius 1 is 1.25 bits per heavy atom. The minimum Gasteiger partial charge on any atom is -0.308 e. The van der Waals surface area contributed by atoms with Gasteiger partial charge in [0.25, 0.3) is 0 Å². The van der Waals surface area contributed by atoms with E-state index in [0.717, 1.165) is 11.1 Å². The first-order valence-corrected chi connectivity index (χ1v) is 5.34. The zero-order chi connectivity index (χ0) is 11.0. The van der Waals surface area contributed by atoms with E-state index < -0.39 is 0 Å². The SMILES string of the molecule is NNc1ccc(-c2cnn(C3CC3)c2)cn1. The van der Waals surface area contributed by atoms with Crippen molar-refractivity contribution in [1.82, 2.24) is 14.8 Å². The zero-order valence-corrected chi connectivity index (χ0v) is 8.80. The van der Waals surface area contributed by atoms with Crippen LogP contribution in [0.15, 0.2) is 30.7 Å². The summed E-state index contributed by atoms with van der Waals surface area (Å²) in [5.74, 6) is 5.93. The average molecular weight is 215 g/mol. The fraction of sp³-hybridized carbons (Fsp3) is 0.273. The molecule has 1 aliphatic rings. The monoisotopic (exact) mass is 215 g/mol. The number of hydrogen-bond donors (Lipinski definition) is 2. The maximum absolute atomic E-state index is 5.26. The molecule has 82 valence electrons. The Balaban J connectivity index is 1.88. The Morgan fingerprint density at radius 3 is 2.75 bits per heavy atom. The summed E-state index contributed by atoms with van der Waals surface area (Å²) in [6.07, 6.45) is 8.24. The Hall–Kier alpha value is -1.88. The Bertz CT molecular complexity index is 483. The van der Waals surface area contributed by atoms with E-state index in [-0.39, 0.29) is 0 Å². The van der Waals surface area contributed by atoms with E-state index in [1.54, 1.807) is 6.20 Å². The van der Waals surface area contributed by atoms with E-state index in [9.17, 15) is 0 Å². The summed E-state index contributed by atoms with van der Waals surface area (Å²) in [7, 11) is 0. The van der Waals surface area contributed by atoms with Crippen LogP contribution in [-0.2, 0) is 0 Å². The third kappa shape index (κ3) is 1.65. The number of aromatic nitrogens is 3. The highest BCUT2D eigenvalue weighted by atomic mass is 15.3. The summed E-state index contributed by atoms with van der Waals surface area (Å²) in [5, 5.41) is 4.35. The standard InChI is InChI=1S/C11H13N5/c12-15-11-4-1-8(5-13-11)9-6-14-16(7-9)10-2-3-10/h1,4-7,10H,2-3,12H2,(H,13,15). The van der Waals surface area contributed by atoms with E-state index in [4.69, 9.17) is 5.84 Å². The second-order valence-electron chi connectivity index (χ2n) is 4.02. The molecule has 5 heteroatoms. The zero-order valence-electron chi connectivity index (χ0n) is 8.80. The van der Waals surface area contributed by atoms with Gasteiger partial charge in [-0.3, -0.25) is 4.68 Å². The van der Waals surface area contributed by atoms with Crippen molar-refractivity contribution in [3.63, 3.8) is 0 Å². The second-order valence-corrected chi connectivity index (χ2v) is 4.02. The van der Waals surface area contributed by atoms with Gasteiger partial charge in [-0.25, -0.2) is 10.8 Å². The number of pyridine rings is 1. The number of anilines is 1. The topological polar surface area (TPSA) is 68.8 Å². The lowest BCUT2D eigenvalue weighted by Crippen LogP contribution is -2.07. The van der Waals surface area contributed by atoms with Crippen LogP contribution in [0.25, 0.3) is 11.1 Å². The number of rotatable bonds is 3. The van der Waals surface area contributed by atoms with Gasteiger partial charge >= 0.3 is 0 Å². The quantitative estimate of drug-likeness (QED) is 0.602. The normalized spacial score (nSPS) is 15.1. The van der Waals surface area contributed by atoms with Crippen molar-refractivity contribution in [2.45, 2.75) is 18.9 Å². The van der Waals surface area contributed by atoms with Gasteiger partial charge in [0.05, 0.1) is 12.2 Å². The predicted octanol–water partition coefficient (Wildman–Crippen LogP) is 1.57. The molecule has 0 bridgehead atoms. The van der Waals surface area contributed by atoms with E-state index >= 15 is 0 Å². The van der Waals surface area contributed by atoms with Crippen molar-refractivity contribution >= 4 is 5.82 Å². The van der Waals surface area contributed by atoms with E-state index in [2.05, 4.69) is 21.7 Å². The number of nitrogen functional groups attached to an aromatic ring is 1. The first-order valence-electron chi connectivity index (χ1n) is 5.34. The van der Waals surface area contributed by atoms with E-state index in [1.165, 1.54) is 12.8 Å². The molecule has 0 atom stereocenters. The Kier molecular flexibility index (Phi) is 2.11. The van der Waals surface area contributed by atoms with E-state index in [1.807, 2.05) is 23.0 Å². The first kappa shape index (κ1) is 9.35. The molecule has 3 N–H and O–H groups in total. The third-order valence-corrected chi connectivity index (χ3v) is 2.77. The van der Waals surface area contributed by atoms with Crippen LogP contribution in [0.2, 0.25) is 0 Å². The fourth-order valence-electron chi connectivity index (χ4n) is 1.68. The highest BCUT2D eigenvalue weighted by Crippen LogP contribution is 2.35. The number of hydrazine groups is 1. The number of hydrogen-bond acceptors (Lipinski definition) is 4. The number of nitrogens with one attached hydrogen (secondary N) is 1. The molecular weight excluding hydrogens is 202 g/mol. The molecule has 0 aliphatic heterocycles. The molecule has 5 nitrogen and oxygen atoms in total. The molecule has 0 radical (unpaired) electrons. The lowest BCUT2D eigenvalue weighted by Gasteiger charge is -2.00. The molecule has 1 aliphatic carbocycles. The van der Waals surface area contributed by atoms with Crippen LogP contribution in [0.5, 0.6) is 0 Å². The third-order valence-electron chi connectivity index (χ3n) is 2.77. The molecule has 3 rings (SSSR count). The fourth-order valence-corrected chi connectivity index (χ4v) is 1.68. The molecule has 0 amide bonds. The summed E-state index contributed by atoms with van der Waals surface area (Å²) in [6.45, 7) is 0. The average Bonchev–Trinajstić information content (AvgIpc) is 3.08. The van der Waals surface area contributed by atoms with Crippen molar-refractivity contribution in [3.8, 4) is 11.1 Å². The number of nitrogens with zero attached hydrogens (tertiary/aromatic N) is 3. The largest absolute Gasteiger partial charge is 0.308 e. The minimum absolute atomic E-state index is 0.617. The van der Waals surface area contributed by atoms with Crippen LogP contribution < -0.4 is 11.3 Å². The van der Waals surface area contributed by atoms with Crippen molar-refractivity contribution in [3.05, 3.63) is 30.7 Å². The lowest BCUT2D eigenvalue weighted by atomic mass is 10.2. The van der Waals surface area contributed by atoms with Gasteiger partial charge in [-0.15, -0.1) is 0 Å². The van der Waals surface area contributed by atoms with Crippen molar-refractivity contribution in [1.29, 1.82) is 0 Å². The molecule has 0 saturated heterocycles. The van der Waals surface area contributed by atoms with Gasteiger partial charge in [-0.1, -0.05) is 0 Å². The molecule has 1 saturated carbocycles. The van der Waals surface area contributed by atoms with Gasteiger partial charge in [0.2, 0.25) is 0 Å². The molecule has 0 aromatic carbocycles. The summed E-state index contributed by atoms with van der Waals surface area (Å²) >= 11 is 0. The summed E-state index contributed by atoms with van der Waals surface area (Å²) in [5.41, 5.74) is 4.67. The minimum atomic E-state index is 0.617. The van der Waals surface area contributed by atoms with Crippen LogP contribution in [0.4, 0.5) is 5.82 Å². The molecule has 1 fully saturated rings. The molecule has 2 heterocycles. The van der Waals surface area contributed by atoms with Crippen LogP contribution in [0.3, 0.4) is 0 Å². The van der Waals surface area contributed by atoms with E-state index in [0.29, 0.717) is 11.9 Å². The van der Waals surface area contributed by atoms with Gasteiger partial charge in [0, 0.05) is 23.5 Å². The predicted molar refractivity (Wildman–Crippen MR) is 61.5 cm³/mol. The van der Waals surface area contributed by atoms with Gasteiger partial charge in [0.1, 0.15) is 5.82 Å². The highest BCUT2D eigenvalue weighted by Gasteiger charge is 2.24. The molecule has 0 spiro atoms. The molecule has 2 aromatic rings. The molecule has 16 heavy (non-hydrogen) atoms. The summed E-state index contributed by atoms with van der Waals surface area (Å²) < 4.78 is 2.03.